The van der Waals surface area contributed by atoms with Gasteiger partial charge in [0.1, 0.15) is 6.04 Å². The molecule has 1 fully saturated rings. The standard InChI is InChI=1S/C30H33Cl2N3O4/c1-19(2)33-28(37)26(17-20-8-4-3-5-9-20)35(18-21-12-13-24(31)25(32)16-21)27(36)14-15-34-29(38)22-10-6-7-11-23(22)30(34)39/h3-9,12-13,16,19,22-23,26H,10-11,14-15,17-18H2,1-2H3,(H,33,37)/t22-,23+,26-/m1/s1. The number of imide groups is 1. The summed E-state index contributed by atoms with van der Waals surface area (Å²) in [6, 6.07) is 13.6. The summed E-state index contributed by atoms with van der Waals surface area (Å²) in [5.41, 5.74) is 1.60. The van der Waals surface area contributed by atoms with Gasteiger partial charge in [-0.25, -0.2) is 0 Å². The van der Waals surface area contributed by atoms with Gasteiger partial charge in [0.15, 0.2) is 0 Å². The van der Waals surface area contributed by atoms with E-state index in [0.717, 1.165) is 5.56 Å². The molecule has 9 heteroatoms. The molecule has 0 spiro atoms. The maximum absolute atomic E-state index is 13.8. The number of benzene rings is 2. The van der Waals surface area contributed by atoms with E-state index in [1.165, 1.54) is 9.80 Å². The zero-order chi connectivity index (χ0) is 28.1. The van der Waals surface area contributed by atoms with Crippen LogP contribution in [0.3, 0.4) is 0 Å². The predicted molar refractivity (Wildman–Crippen MR) is 151 cm³/mol. The molecule has 0 bridgehead atoms. The molecule has 2 aromatic rings. The van der Waals surface area contributed by atoms with Gasteiger partial charge in [-0.2, -0.15) is 0 Å². The molecular weight excluding hydrogens is 537 g/mol. The number of amides is 4. The van der Waals surface area contributed by atoms with E-state index in [1.807, 2.05) is 56.3 Å². The fourth-order valence-electron chi connectivity index (χ4n) is 5.21. The Labute approximate surface area is 239 Å². The summed E-state index contributed by atoms with van der Waals surface area (Å²) in [5, 5.41) is 3.68. The predicted octanol–water partition coefficient (Wildman–Crippen LogP) is 4.80. The summed E-state index contributed by atoms with van der Waals surface area (Å²) in [6.07, 6.45) is 5.15. The highest BCUT2D eigenvalue weighted by molar-refractivity contribution is 6.42. The summed E-state index contributed by atoms with van der Waals surface area (Å²) in [5.74, 6) is -1.78. The molecule has 3 atom stereocenters. The molecule has 7 nitrogen and oxygen atoms in total. The van der Waals surface area contributed by atoms with Gasteiger partial charge in [0, 0.05) is 32.0 Å². The SMILES string of the molecule is CC(C)NC(=O)[C@@H](Cc1ccccc1)N(Cc1ccc(Cl)c(Cl)c1)C(=O)CCN1C(=O)[C@H]2CC=CC[C@H]2C1=O. The first-order valence-electron chi connectivity index (χ1n) is 13.2. The van der Waals surface area contributed by atoms with E-state index in [9.17, 15) is 19.2 Å². The molecule has 1 heterocycles. The summed E-state index contributed by atoms with van der Waals surface area (Å²) in [6.45, 7) is 3.81. The Morgan fingerprint density at radius 1 is 0.949 bits per heavy atom. The highest BCUT2D eigenvalue weighted by atomic mass is 35.5. The minimum absolute atomic E-state index is 0.0226. The molecule has 0 radical (unpaired) electrons. The number of fused-ring (bicyclic) bond motifs is 1. The van der Waals surface area contributed by atoms with Crippen molar-refractivity contribution in [1.82, 2.24) is 15.1 Å². The van der Waals surface area contributed by atoms with Gasteiger partial charge in [0.05, 0.1) is 21.9 Å². The number of rotatable bonds is 10. The molecule has 0 aromatic heterocycles. The lowest BCUT2D eigenvalue weighted by molar-refractivity contribution is -0.144. The van der Waals surface area contributed by atoms with Crippen molar-refractivity contribution in [3.63, 3.8) is 0 Å². The van der Waals surface area contributed by atoms with Crippen LogP contribution in [0.5, 0.6) is 0 Å². The van der Waals surface area contributed by atoms with Crippen molar-refractivity contribution in [2.45, 2.75) is 58.2 Å². The second kappa shape index (κ2) is 12.8. The molecule has 2 aromatic carbocycles. The second-order valence-corrected chi connectivity index (χ2v) is 11.2. The van der Waals surface area contributed by atoms with Gasteiger partial charge in [-0.3, -0.25) is 24.1 Å². The minimum Gasteiger partial charge on any atom is -0.352 e. The van der Waals surface area contributed by atoms with Crippen LogP contribution in [0.2, 0.25) is 10.0 Å². The Bertz CT molecular complexity index is 1240. The average Bonchev–Trinajstić information content (AvgIpc) is 3.16. The third kappa shape index (κ3) is 6.89. The molecule has 4 rings (SSSR count). The topological polar surface area (TPSA) is 86.8 Å². The van der Waals surface area contributed by atoms with Gasteiger partial charge in [-0.1, -0.05) is 71.8 Å². The Balaban J connectivity index is 1.60. The highest BCUT2D eigenvalue weighted by Crippen LogP contribution is 2.35. The number of hydrogen-bond donors (Lipinski definition) is 1. The third-order valence-electron chi connectivity index (χ3n) is 7.19. The molecule has 206 valence electrons. The zero-order valence-electron chi connectivity index (χ0n) is 22.1. The number of carbonyl (C=O) groups is 4. The fourth-order valence-corrected chi connectivity index (χ4v) is 5.53. The van der Waals surface area contributed by atoms with E-state index in [0.29, 0.717) is 34.9 Å². The maximum atomic E-state index is 13.8. The van der Waals surface area contributed by atoms with Crippen molar-refractivity contribution in [2.24, 2.45) is 11.8 Å². The summed E-state index contributed by atoms with van der Waals surface area (Å²) in [4.78, 5) is 55.9. The summed E-state index contributed by atoms with van der Waals surface area (Å²) in [7, 11) is 0. The van der Waals surface area contributed by atoms with Crippen molar-refractivity contribution in [2.75, 3.05) is 6.54 Å². The molecule has 0 saturated carbocycles. The lowest BCUT2D eigenvalue weighted by Crippen LogP contribution is -2.52. The Hall–Kier alpha value is -3.16. The van der Waals surface area contributed by atoms with E-state index in [1.54, 1.807) is 18.2 Å². The molecule has 1 saturated heterocycles. The Morgan fingerprint density at radius 2 is 1.59 bits per heavy atom. The first-order valence-corrected chi connectivity index (χ1v) is 14.0. The van der Waals surface area contributed by atoms with E-state index in [-0.39, 0.29) is 61.0 Å². The summed E-state index contributed by atoms with van der Waals surface area (Å²) < 4.78 is 0. The van der Waals surface area contributed by atoms with Crippen molar-refractivity contribution < 1.29 is 19.2 Å². The van der Waals surface area contributed by atoms with Gasteiger partial charge in [0.2, 0.25) is 23.6 Å². The van der Waals surface area contributed by atoms with Crippen molar-refractivity contribution in [1.29, 1.82) is 0 Å². The lowest BCUT2D eigenvalue weighted by atomic mass is 9.85. The van der Waals surface area contributed by atoms with Crippen LogP contribution in [0.4, 0.5) is 0 Å². The molecule has 2 aliphatic rings. The number of hydrogen-bond acceptors (Lipinski definition) is 4. The number of allylic oxidation sites excluding steroid dienone is 2. The van der Waals surface area contributed by atoms with Gasteiger partial charge < -0.3 is 10.2 Å². The number of likely N-dealkylation sites (tertiary alicyclic amines) is 1. The second-order valence-electron chi connectivity index (χ2n) is 10.4. The van der Waals surface area contributed by atoms with Crippen LogP contribution in [-0.2, 0) is 32.1 Å². The highest BCUT2D eigenvalue weighted by Gasteiger charge is 2.47. The number of nitrogens with one attached hydrogen (secondary N) is 1. The molecule has 39 heavy (non-hydrogen) atoms. The van der Waals surface area contributed by atoms with E-state index < -0.39 is 6.04 Å². The van der Waals surface area contributed by atoms with Crippen molar-refractivity contribution >= 4 is 46.8 Å². The van der Waals surface area contributed by atoms with Gasteiger partial charge in [-0.15, -0.1) is 0 Å². The van der Waals surface area contributed by atoms with E-state index in [2.05, 4.69) is 5.32 Å². The van der Waals surface area contributed by atoms with Crippen LogP contribution in [0.25, 0.3) is 0 Å². The molecule has 1 aliphatic heterocycles. The first-order chi connectivity index (χ1) is 18.7. The first kappa shape index (κ1) is 28.8. The van der Waals surface area contributed by atoms with Gasteiger partial charge >= 0.3 is 0 Å². The van der Waals surface area contributed by atoms with Gasteiger partial charge in [0.25, 0.3) is 0 Å². The molecule has 1 N–H and O–H groups in total. The monoisotopic (exact) mass is 569 g/mol. The average molecular weight is 571 g/mol. The fraction of sp³-hybridized carbons (Fsp3) is 0.400. The smallest absolute Gasteiger partial charge is 0.243 e. The van der Waals surface area contributed by atoms with Crippen LogP contribution in [0.15, 0.2) is 60.7 Å². The number of nitrogens with zero attached hydrogens (tertiary/aromatic N) is 2. The molecule has 0 unspecified atom stereocenters. The quantitative estimate of drug-likeness (QED) is 0.329. The third-order valence-corrected chi connectivity index (χ3v) is 7.93. The van der Waals surface area contributed by atoms with Crippen molar-refractivity contribution in [3.05, 3.63) is 81.9 Å². The molecular formula is C30H33Cl2N3O4. The number of halogens is 2. The van der Waals surface area contributed by atoms with E-state index in [4.69, 9.17) is 23.2 Å². The maximum Gasteiger partial charge on any atom is 0.243 e. The van der Waals surface area contributed by atoms with Crippen LogP contribution >= 0.6 is 23.2 Å². The Kier molecular flexibility index (Phi) is 9.46. The van der Waals surface area contributed by atoms with Crippen LogP contribution < -0.4 is 5.32 Å². The lowest BCUT2D eigenvalue weighted by Gasteiger charge is -2.32. The molecule has 4 amide bonds. The van der Waals surface area contributed by atoms with Crippen LogP contribution in [-0.4, -0.2) is 52.1 Å². The van der Waals surface area contributed by atoms with Gasteiger partial charge in [-0.05, 0) is 49.9 Å². The van der Waals surface area contributed by atoms with E-state index >= 15 is 0 Å². The Morgan fingerprint density at radius 3 is 2.18 bits per heavy atom. The number of carbonyl (C=O) groups excluding carboxylic acids is 4. The normalized spacial score (nSPS) is 19.3. The van der Waals surface area contributed by atoms with Crippen molar-refractivity contribution in [3.8, 4) is 0 Å². The molecule has 1 aliphatic carbocycles. The van der Waals surface area contributed by atoms with Crippen LogP contribution in [0.1, 0.15) is 44.2 Å². The minimum atomic E-state index is -0.825. The largest absolute Gasteiger partial charge is 0.352 e. The summed E-state index contributed by atoms with van der Waals surface area (Å²) >= 11 is 12.4. The van der Waals surface area contributed by atoms with Crippen LogP contribution in [0, 0.1) is 11.8 Å². The zero-order valence-corrected chi connectivity index (χ0v) is 23.6.